The second-order valence-electron chi connectivity index (χ2n) is 4.98. The van der Waals surface area contributed by atoms with Gasteiger partial charge in [0.05, 0.1) is 18.5 Å². The Balaban J connectivity index is 2.52. The number of sulfonamides is 1. The lowest BCUT2D eigenvalue weighted by atomic mass is 10.0. The summed E-state index contributed by atoms with van der Waals surface area (Å²) in [7, 11) is -3.20. The molecule has 0 amide bonds. The van der Waals surface area contributed by atoms with Gasteiger partial charge in [0.1, 0.15) is 0 Å². The van der Waals surface area contributed by atoms with Crippen LogP contribution in [0.15, 0.2) is 0 Å². The van der Waals surface area contributed by atoms with Crippen molar-refractivity contribution < 1.29 is 13.2 Å². The van der Waals surface area contributed by atoms with Crippen molar-refractivity contribution in [2.45, 2.75) is 51.8 Å². The average Bonchev–Trinajstić information content (AvgIpc) is 2.15. The fraction of sp³-hybridized carbons (Fsp3) is 1.00. The highest BCUT2D eigenvalue weighted by Crippen LogP contribution is 2.19. The second kappa shape index (κ2) is 6.13. The summed E-state index contributed by atoms with van der Waals surface area (Å²) in [6.07, 6.45) is 1.55. The van der Waals surface area contributed by atoms with Gasteiger partial charge in [-0.2, -0.15) is 4.31 Å². The Labute approximate surface area is 104 Å². The van der Waals surface area contributed by atoms with E-state index in [1.54, 1.807) is 4.31 Å². The first-order chi connectivity index (χ1) is 7.83. The topological polar surface area (TPSA) is 72.6 Å². The van der Waals surface area contributed by atoms with Crippen molar-refractivity contribution in [2.75, 3.05) is 18.9 Å². The lowest BCUT2D eigenvalue weighted by molar-refractivity contribution is 0.0902. The van der Waals surface area contributed by atoms with E-state index in [-0.39, 0.29) is 30.5 Å². The smallest absolute Gasteiger partial charge is 0.216 e. The molecule has 5 nitrogen and oxygen atoms in total. The number of hydrogen-bond donors (Lipinski definition) is 1. The molecule has 2 N–H and O–H groups in total. The molecule has 0 aromatic carbocycles. The van der Waals surface area contributed by atoms with Crippen molar-refractivity contribution in [3.05, 3.63) is 0 Å². The van der Waals surface area contributed by atoms with Gasteiger partial charge in [-0.15, -0.1) is 0 Å². The number of rotatable bonds is 5. The van der Waals surface area contributed by atoms with E-state index in [1.165, 1.54) is 0 Å². The molecule has 1 fully saturated rings. The maximum Gasteiger partial charge on any atom is 0.216 e. The normalized spacial score (nSPS) is 27.6. The molecule has 0 aliphatic carbocycles. The Morgan fingerprint density at radius 3 is 2.65 bits per heavy atom. The first-order valence-electron chi connectivity index (χ1n) is 6.19. The van der Waals surface area contributed by atoms with Crippen LogP contribution in [-0.2, 0) is 14.8 Å². The third kappa shape index (κ3) is 4.54. The number of piperidine rings is 1. The number of ether oxygens (including phenoxy) is 1. The average molecular weight is 264 g/mol. The van der Waals surface area contributed by atoms with Crippen molar-refractivity contribution in [3.63, 3.8) is 0 Å². The van der Waals surface area contributed by atoms with Crippen LogP contribution in [-0.4, -0.2) is 49.8 Å². The van der Waals surface area contributed by atoms with Gasteiger partial charge in [-0.1, -0.05) is 0 Å². The number of nitrogens with zero attached hydrogens (tertiary/aromatic N) is 1. The monoisotopic (exact) mass is 264 g/mol. The molecule has 1 aliphatic heterocycles. The molecule has 6 heteroatoms. The predicted octanol–water partition coefficient (Wildman–Crippen LogP) is 0.553. The Morgan fingerprint density at radius 2 is 2.12 bits per heavy atom. The van der Waals surface area contributed by atoms with Crippen LogP contribution < -0.4 is 5.73 Å². The van der Waals surface area contributed by atoms with E-state index < -0.39 is 10.0 Å². The van der Waals surface area contributed by atoms with Crippen molar-refractivity contribution in [1.82, 2.24) is 4.31 Å². The van der Waals surface area contributed by atoms with Gasteiger partial charge in [0.25, 0.3) is 0 Å². The van der Waals surface area contributed by atoms with Crippen LogP contribution in [0.2, 0.25) is 0 Å². The molecule has 2 atom stereocenters. The Bertz CT molecular complexity index is 330. The minimum atomic E-state index is -3.20. The first-order valence-corrected chi connectivity index (χ1v) is 7.80. The SMILES string of the molecule is CC(C)OCCS(=O)(=O)N1CC[C@@H](N)C[C@@H]1C. The lowest BCUT2D eigenvalue weighted by Gasteiger charge is -2.35. The molecule has 1 aliphatic rings. The molecule has 17 heavy (non-hydrogen) atoms. The van der Waals surface area contributed by atoms with Gasteiger partial charge in [0.2, 0.25) is 10.0 Å². The summed E-state index contributed by atoms with van der Waals surface area (Å²) >= 11 is 0. The maximum absolute atomic E-state index is 12.1. The summed E-state index contributed by atoms with van der Waals surface area (Å²) < 4.78 is 31.0. The van der Waals surface area contributed by atoms with E-state index in [1.807, 2.05) is 20.8 Å². The van der Waals surface area contributed by atoms with Crippen LogP contribution >= 0.6 is 0 Å². The largest absolute Gasteiger partial charge is 0.378 e. The molecule has 1 rings (SSSR count). The zero-order valence-electron chi connectivity index (χ0n) is 10.9. The fourth-order valence-electron chi connectivity index (χ4n) is 2.11. The number of hydrogen-bond acceptors (Lipinski definition) is 4. The molecule has 0 radical (unpaired) electrons. The first kappa shape index (κ1) is 14.9. The van der Waals surface area contributed by atoms with Gasteiger partial charge in [-0.3, -0.25) is 0 Å². The van der Waals surface area contributed by atoms with Crippen molar-refractivity contribution in [3.8, 4) is 0 Å². The summed E-state index contributed by atoms with van der Waals surface area (Å²) in [5.41, 5.74) is 5.82. The molecule has 0 bridgehead atoms. The van der Waals surface area contributed by atoms with E-state index in [0.717, 1.165) is 12.8 Å². The van der Waals surface area contributed by atoms with E-state index in [2.05, 4.69) is 0 Å². The van der Waals surface area contributed by atoms with Crippen molar-refractivity contribution in [1.29, 1.82) is 0 Å². The molecule has 0 aromatic heterocycles. The van der Waals surface area contributed by atoms with Gasteiger partial charge in [0.15, 0.2) is 0 Å². The van der Waals surface area contributed by atoms with Crippen LogP contribution in [0.25, 0.3) is 0 Å². The minimum absolute atomic E-state index is 0.00259. The lowest BCUT2D eigenvalue weighted by Crippen LogP contribution is -2.49. The standard InChI is InChI=1S/C11H24N2O3S/c1-9(2)16-6-7-17(14,15)13-5-4-11(12)8-10(13)3/h9-11H,4-8,12H2,1-3H3/t10-,11+/m0/s1. The molecular weight excluding hydrogens is 240 g/mol. The van der Waals surface area contributed by atoms with E-state index in [9.17, 15) is 8.42 Å². The highest BCUT2D eigenvalue weighted by Gasteiger charge is 2.31. The second-order valence-corrected chi connectivity index (χ2v) is 7.02. The molecule has 0 aromatic rings. The van der Waals surface area contributed by atoms with E-state index in [4.69, 9.17) is 10.5 Å². The summed E-state index contributed by atoms with van der Waals surface area (Å²) in [5, 5.41) is 0. The van der Waals surface area contributed by atoms with Crippen LogP contribution in [0.3, 0.4) is 0 Å². The third-order valence-electron chi connectivity index (χ3n) is 3.01. The zero-order valence-corrected chi connectivity index (χ0v) is 11.7. The fourth-order valence-corrected chi connectivity index (χ4v) is 3.67. The molecule has 0 unspecified atom stereocenters. The number of nitrogens with two attached hydrogens (primary N) is 1. The van der Waals surface area contributed by atoms with Gasteiger partial charge >= 0.3 is 0 Å². The summed E-state index contributed by atoms with van der Waals surface area (Å²) in [6.45, 7) is 6.51. The Morgan fingerprint density at radius 1 is 1.47 bits per heavy atom. The molecule has 1 saturated heterocycles. The molecule has 0 saturated carbocycles. The van der Waals surface area contributed by atoms with Crippen molar-refractivity contribution in [2.24, 2.45) is 5.73 Å². The van der Waals surface area contributed by atoms with Gasteiger partial charge < -0.3 is 10.5 Å². The molecule has 0 spiro atoms. The predicted molar refractivity (Wildman–Crippen MR) is 68.3 cm³/mol. The quantitative estimate of drug-likeness (QED) is 0.787. The van der Waals surface area contributed by atoms with Crippen LogP contribution in [0.5, 0.6) is 0 Å². The van der Waals surface area contributed by atoms with Crippen LogP contribution in [0.4, 0.5) is 0 Å². The zero-order chi connectivity index (χ0) is 13.1. The summed E-state index contributed by atoms with van der Waals surface area (Å²) in [4.78, 5) is 0. The van der Waals surface area contributed by atoms with Crippen LogP contribution in [0.1, 0.15) is 33.6 Å². The maximum atomic E-state index is 12.1. The van der Waals surface area contributed by atoms with Gasteiger partial charge in [-0.25, -0.2) is 8.42 Å². The Hall–Kier alpha value is -0.170. The third-order valence-corrected chi connectivity index (χ3v) is 4.95. The van der Waals surface area contributed by atoms with Gasteiger partial charge in [-0.05, 0) is 33.6 Å². The van der Waals surface area contributed by atoms with E-state index >= 15 is 0 Å². The molecule has 1 heterocycles. The summed E-state index contributed by atoms with van der Waals surface area (Å²) in [5.74, 6) is 0.0603. The van der Waals surface area contributed by atoms with Gasteiger partial charge in [0, 0.05) is 18.6 Å². The minimum Gasteiger partial charge on any atom is -0.378 e. The van der Waals surface area contributed by atoms with Crippen molar-refractivity contribution >= 4 is 10.0 Å². The van der Waals surface area contributed by atoms with E-state index in [0.29, 0.717) is 6.54 Å². The van der Waals surface area contributed by atoms with Crippen LogP contribution in [0, 0.1) is 0 Å². The highest BCUT2D eigenvalue weighted by molar-refractivity contribution is 7.89. The molecule has 102 valence electrons. The molecular formula is C11H24N2O3S. The summed E-state index contributed by atoms with van der Waals surface area (Å²) in [6, 6.07) is 0.131. The highest BCUT2D eigenvalue weighted by atomic mass is 32.2. The Kier molecular flexibility index (Phi) is 5.37.